The topological polar surface area (TPSA) is 24.1 Å². The SMILES string of the molecule is CC(C)c1ccc(NC(=S)NC2(C(C)C)CCCC2)cc1. The minimum atomic E-state index is 0.182. The predicted molar refractivity (Wildman–Crippen MR) is 95.9 cm³/mol. The highest BCUT2D eigenvalue weighted by molar-refractivity contribution is 7.80. The van der Waals surface area contributed by atoms with Crippen molar-refractivity contribution in [3.63, 3.8) is 0 Å². The molecule has 2 N–H and O–H groups in total. The quantitative estimate of drug-likeness (QED) is 0.760. The minimum absolute atomic E-state index is 0.182. The molecule has 1 aliphatic rings. The Morgan fingerprint density at radius 3 is 2.10 bits per heavy atom. The van der Waals surface area contributed by atoms with Gasteiger partial charge >= 0.3 is 0 Å². The van der Waals surface area contributed by atoms with Crippen LogP contribution >= 0.6 is 12.2 Å². The molecule has 0 heterocycles. The lowest BCUT2D eigenvalue weighted by Crippen LogP contribution is -2.51. The summed E-state index contributed by atoms with van der Waals surface area (Å²) in [5.74, 6) is 1.16. The van der Waals surface area contributed by atoms with E-state index in [9.17, 15) is 0 Å². The van der Waals surface area contributed by atoms with E-state index in [4.69, 9.17) is 12.2 Å². The van der Waals surface area contributed by atoms with Crippen LogP contribution in [0.4, 0.5) is 5.69 Å². The van der Waals surface area contributed by atoms with Gasteiger partial charge in [-0.2, -0.15) is 0 Å². The molecule has 0 saturated heterocycles. The third-order valence-electron chi connectivity index (χ3n) is 4.80. The number of hydrogen-bond donors (Lipinski definition) is 2. The van der Waals surface area contributed by atoms with E-state index in [-0.39, 0.29) is 5.54 Å². The molecule has 1 fully saturated rings. The molecule has 0 aromatic heterocycles. The van der Waals surface area contributed by atoms with Crippen LogP contribution in [0.3, 0.4) is 0 Å². The maximum Gasteiger partial charge on any atom is 0.171 e. The average Bonchev–Trinajstić information content (AvgIpc) is 2.89. The number of anilines is 1. The highest BCUT2D eigenvalue weighted by atomic mass is 32.1. The molecule has 0 aliphatic heterocycles. The van der Waals surface area contributed by atoms with Crippen LogP contribution in [0.5, 0.6) is 0 Å². The van der Waals surface area contributed by atoms with Gasteiger partial charge in [0.05, 0.1) is 0 Å². The monoisotopic (exact) mass is 304 g/mol. The number of rotatable bonds is 4. The largest absolute Gasteiger partial charge is 0.357 e. The van der Waals surface area contributed by atoms with E-state index in [1.807, 2.05) is 0 Å². The molecular formula is C18H28N2S. The molecule has 2 rings (SSSR count). The molecule has 116 valence electrons. The van der Waals surface area contributed by atoms with Crippen molar-refractivity contribution in [3.8, 4) is 0 Å². The average molecular weight is 305 g/mol. The molecule has 0 amide bonds. The predicted octanol–water partition coefficient (Wildman–Crippen LogP) is 5.07. The Kier molecular flexibility index (Phi) is 5.26. The van der Waals surface area contributed by atoms with E-state index >= 15 is 0 Å². The van der Waals surface area contributed by atoms with Gasteiger partial charge in [-0.05, 0) is 54.6 Å². The van der Waals surface area contributed by atoms with E-state index in [2.05, 4.69) is 62.6 Å². The highest BCUT2D eigenvalue weighted by Crippen LogP contribution is 2.35. The summed E-state index contributed by atoms with van der Waals surface area (Å²) in [7, 11) is 0. The molecule has 0 spiro atoms. The van der Waals surface area contributed by atoms with Gasteiger partial charge in [0.2, 0.25) is 0 Å². The van der Waals surface area contributed by atoms with Gasteiger partial charge < -0.3 is 10.6 Å². The molecule has 0 unspecified atom stereocenters. The van der Waals surface area contributed by atoms with Crippen LogP contribution in [0.15, 0.2) is 24.3 Å². The van der Waals surface area contributed by atoms with Gasteiger partial charge in [0.15, 0.2) is 5.11 Å². The maximum atomic E-state index is 5.53. The Balaban J connectivity index is 1.98. The van der Waals surface area contributed by atoms with Crippen LogP contribution in [0, 0.1) is 5.92 Å². The van der Waals surface area contributed by atoms with Crippen molar-refractivity contribution in [2.24, 2.45) is 5.92 Å². The van der Waals surface area contributed by atoms with Crippen molar-refractivity contribution >= 4 is 23.0 Å². The smallest absolute Gasteiger partial charge is 0.171 e. The Hall–Kier alpha value is -1.09. The standard InChI is InChI=1S/C18H28N2S/c1-13(2)15-7-9-16(10-8-15)19-17(21)20-18(14(3)4)11-5-6-12-18/h7-10,13-14H,5-6,11-12H2,1-4H3,(H2,19,20,21). The molecule has 1 aliphatic carbocycles. The Morgan fingerprint density at radius 2 is 1.62 bits per heavy atom. The van der Waals surface area contributed by atoms with Gasteiger partial charge in [0, 0.05) is 11.2 Å². The van der Waals surface area contributed by atoms with Gasteiger partial charge in [0.25, 0.3) is 0 Å². The van der Waals surface area contributed by atoms with Crippen LogP contribution in [0.2, 0.25) is 0 Å². The third-order valence-corrected chi connectivity index (χ3v) is 5.00. The second kappa shape index (κ2) is 6.78. The minimum Gasteiger partial charge on any atom is -0.357 e. The summed E-state index contributed by atoms with van der Waals surface area (Å²) < 4.78 is 0. The van der Waals surface area contributed by atoms with Crippen molar-refractivity contribution in [1.82, 2.24) is 5.32 Å². The number of benzene rings is 1. The molecule has 0 bridgehead atoms. The normalized spacial score (nSPS) is 17.2. The lowest BCUT2D eigenvalue weighted by atomic mass is 9.85. The van der Waals surface area contributed by atoms with Crippen molar-refractivity contribution in [3.05, 3.63) is 29.8 Å². The van der Waals surface area contributed by atoms with Gasteiger partial charge in [0.1, 0.15) is 0 Å². The fourth-order valence-electron chi connectivity index (χ4n) is 3.19. The Morgan fingerprint density at radius 1 is 1.05 bits per heavy atom. The van der Waals surface area contributed by atoms with Gasteiger partial charge in [-0.1, -0.05) is 52.7 Å². The number of nitrogens with one attached hydrogen (secondary N) is 2. The van der Waals surface area contributed by atoms with Gasteiger partial charge in [-0.15, -0.1) is 0 Å². The third kappa shape index (κ3) is 3.97. The van der Waals surface area contributed by atoms with E-state index in [1.54, 1.807) is 0 Å². The summed E-state index contributed by atoms with van der Waals surface area (Å²) >= 11 is 5.53. The molecule has 2 nitrogen and oxygen atoms in total. The molecule has 21 heavy (non-hydrogen) atoms. The molecule has 3 heteroatoms. The second-order valence-electron chi connectivity index (χ2n) is 6.87. The van der Waals surface area contributed by atoms with Crippen LogP contribution in [-0.2, 0) is 0 Å². The fourth-order valence-corrected chi connectivity index (χ4v) is 3.51. The Bertz CT molecular complexity index is 470. The molecule has 1 saturated carbocycles. The van der Waals surface area contributed by atoms with E-state index in [0.29, 0.717) is 11.8 Å². The summed E-state index contributed by atoms with van der Waals surface area (Å²) in [5, 5.41) is 7.69. The van der Waals surface area contributed by atoms with Crippen LogP contribution in [0.1, 0.15) is 64.9 Å². The first-order valence-corrected chi connectivity index (χ1v) is 8.53. The van der Waals surface area contributed by atoms with Crippen molar-refractivity contribution in [2.45, 2.75) is 64.8 Å². The van der Waals surface area contributed by atoms with Crippen LogP contribution in [-0.4, -0.2) is 10.7 Å². The number of thiocarbonyl (C=S) groups is 1. The summed E-state index contributed by atoms with van der Waals surface area (Å²) in [6.07, 6.45) is 5.05. The Labute approximate surface area is 134 Å². The van der Waals surface area contributed by atoms with Crippen molar-refractivity contribution in [2.75, 3.05) is 5.32 Å². The summed E-state index contributed by atoms with van der Waals surface area (Å²) in [6.45, 7) is 9.00. The summed E-state index contributed by atoms with van der Waals surface area (Å²) in [4.78, 5) is 0. The first-order chi connectivity index (χ1) is 9.93. The van der Waals surface area contributed by atoms with E-state index < -0.39 is 0 Å². The lowest BCUT2D eigenvalue weighted by Gasteiger charge is -2.35. The van der Waals surface area contributed by atoms with Gasteiger partial charge in [-0.25, -0.2) is 0 Å². The zero-order chi connectivity index (χ0) is 15.5. The molecule has 1 aromatic rings. The molecule has 0 atom stereocenters. The van der Waals surface area contributed by atoms with Crippen molar-refractivity contribution < 1.29 is 0 Å². The van der Waals surface area contributed by atoms with E-state index in [0.717, 1.165) is 10.8 Å². The molecular weight excluding hydrogens is 276 g/mol. The highest BCUT2D eigenvalue weighted by Gasteiger charge is 2.37. The van der Waals surface area contributed by atoms with Gasteiger partial charge in [-0.3, -0.25) is 0 Å². The summed E-state index contributed by atoms with van der Waals surface area (Å²) in [5.41, 5.74) is 2.60. The first-order valence-electron chi connectivity index (χ1n) is 8.12. The lowest BCUT2D eigenvalue weighted by molar-refractivity contribution is 0.283. The summed E-state index contributed by atoms with van der Waals surface area (Å²) in [6, 6.07) is 8.56. The number of hydrogen-bond acceptors (Lipinski definition) is 1. The molecule has 0 radical (unpaired) electrons. The fraction of sp³-hybridized carbons (Fsp3) is 0.611. The molecule has 1 aromatic carbocycles. The maximum absolute atomic E-state index is 5.53. The van der Waals surface area contributed by atoms with Crippen molar-refractivity contribution in [1.29, 1.82) is 0 Å². The van der Waals surface area contributed by atoms with Crippen LogP contribution < -0.4 is 10.6 Å². The van der Waals surface area contributed by atoms with E-state index in [1.165, 1.54) is 31.2 Å². The van der Waals surface area contributed by atoms with Crippen LogP contribution in [0.25, 0.3) is 0 Å². The zero-order valence-electron chi connectivity index (χ0n) is 13.7. The first kappa shape index (κ1) is 16.3. The second-order valence-corrected chi connectivity index (χ2v) is 7.28. The zero-order valence-corrected chi connectivity index (χ0v) is 14.5.